The summed E-state index contributed by atoms with van der Waals surface area (Å²) >= 11 is 0. The summed E-state index contributed by atoms with van der Waals surface area (Å²) in [4.78, 5) is 0. The Bertz CT molecular complexity index is 259. The van der Waals surface area contributed by atoms with E-state index in [9.17, 15) is 0 Å². The topological polar surface area (TPSA) is 9.23 Å². The van der Waals surface area contributed by atoms with Crippen molar-refractivity contribution in [1.29, 1.82) is 0 Å². The van der Waals surface area contributed by atoms with Crippen molar-refractivity contribution in [1.82, 2.24) is 0 Å². The van der Waals surface area contributed by atoms with Gasteiger partial charge in [-0.2, -0.15) is 0 Å². The van der Waals surface area contributed by atoms with Crippen LogP contribution in [0.3, 0.4) is 0 Å². The first-order valence-electron chi connectivity index (χ1n) is 8.03. The van der Waals surface area contributed by atoms with Crippen molar-refractivity contribution in [3.05, 3.63) is 22.7 Å². The van der Waals surface area contributed by atoms with Crippen molar-refractivity contribution in [2.45, 2.75) is 92.9 Å². The third-order valence-corrected chi connectivity index (χ3v) is 3.38. The number of hydrogen-bond donors (Lipinski definition) is 0. The van der Waals surface area contributed by atoms with Gasteiger partial charge in [0.1, 0.15) is 11.5 Å². The van der Waals surface area contributed by atoms with Gasteiger partial charge in [-0.3, -0.25) is 0 Å². The maximum atomic E-state index is 6.23. The van der Waals surface area contributed by atoms with E-state index < -0.39 is 0 Å². The highest BCUT2D eigenvalue weighted by Crippen LogP contribution is 2.23. The molecule has 0 saturated heterocycles. The van der Waals surface area contributed by atoms with E-state index in [4.69, 9.17) is 4.74 Å². The van der Waals surface area contributed by atoms with Crippen molar-refractivity contribution in [3.8, 4) is 0 Å². The average molecular weight is 266 g/mol. The molecule has 0 atom stereocenters. The number of rotatable bonds is 10. The smallest absolute Gasteiger partial charge is 0.102 e. The van der Waals surface area contributed by atoms with Gasteiger partial charge in [-0.05, 0) is 51.7 Å². The maximum Gasteiger partial charge on any atom is 0.102 e. The quantitative estimate of drug-likeness (QED) is 0.314. The first-order chi connectivity index (χ1) is 9.02. The summed E-state index contributed by atoms with van der Waals surface area (Å²) in [6, 6.07) is 0. The molecule has 0 radical (unpaired) electrons. The normalized spacial score (nSPS) is 10.2. The summed E-state index contributed by atoms with van der Waals surface area (Å²) in [7, 11) is 0. The second-order valence-corrected chi connectivity index (χ2v) is 5.86. The highest BCUT2D eigenvalue weighted by Gasteiger charge is 2.07. The Kier molecular flexibility index (Phi) is 10.7. The molecule has 112 valence electrons. The molecule has 0 aromatic carbocycles. The molecule has 0 fully saturated rings. The van der Waals surface area contributed by atoms with Crippen LogP contribution in [0.5, 0.6) is 0 Å². The van der Waals surface area contributed by atoms with E-state index in [1.54, 1.807) is 0 Å². The van der Waals surface area contributed by atoms with E-state index in [0.29, 0.717) is 0 Å². The zero-order valence-corrected chi connectivity index (χ0v) is 14.1. The Hall–Kier alpha value is -0.720. The van der Waals surface area contributed by atoms with Crippen LogP contribution in [0.1, 0.15) is 92.9 Å². The molecule has 0 amide bonds. The Balaban J connectivity index is 4.52. The van der Waals surface area contributed by atoms with Crippen LogP contribution in [0, 0.1) is 0 Å². The lowest BCUT2D eigenvalue weighted by molar-refractivity contribution is 0.262. The number of hydrogen-bond acceptors (Lipinski definition) is 1. The molecular weight excluding hydrogens is 232 g/mol. The Morgan fingerprint density at radius 2 is 1.00 bits per heavy atom. The molecule has 0 N–H and O–H groups in total. The van der Waals surface area contributed by atoms with Gasteiger partial charge in [0.05, 0.1) is 0 Å². The van der Waals surface area contributed by atoms with Gasteiger partial charge in [0.2, 0.25) is 0 Å². The molecule has 0 unspecified atom stereocenters. The highest BCUT2D eigenvalue weighted by molar-refractivity contribution is 5.11. The molecule has 0 aliphatic rings. The molecule has 0 spiro atoms. The summed E-state index contributed by atoms with van der Waals surface area (Å²) in [6.07, 6.45) is 9.76. The predicted molar refractivity (Wildman–Crippen MR) is 86.1 cm³/mol. The van der Waals surface area contributed by atoms with Gasteiger partial charge in [0.15, 0.2) is 0 Å². The summed E-state index contributed by atoms with van der Waals surface area (Å²) in [5.41, 5.74) is 2.65. The van der Waals surface area contributed by atoms with Crippen LogP contribution in [0.25, 0.3) is 0 Å². The SMILES string of the molecule is CCCCCC(OC(CCCCC)=C(C)C)=C(C)C. The average Bonchev–Trinajstić information content (AvgIpc) is 2.35. The molecule has 1 nitrogen and oxygen atoms in total. The second-order valence-electron chi connectivity index (χ2n) is 5.86. The minimum absolute atomic E-state index is 1.08. The highest BCUT2D eigenvalue weighted by atomic mass is 16.5. The lowest BCUT2D eigenvalue weighted by Crippen LogP contribution is -1.99. The lowest BCUT2D eigenvalue weighted by Gasteiger charge is -2.17. The minimum Gasteiger partial charge on any atom is -0.466 e. The summed E-state index contributed by atoms with van der Waals surface area (Å²) in [5, 5.41) is 0. The Morgan fingerprint density at radius 3 is 1.26 bits per heavy atom. The third-order valence-electron chi connectivity index (χ3n) is 3.38. The van der Waals surface area contributed by atoms with E-state index in [2.05, 4.69) is 41.5 Å². The van der Waals surface area contributed by atoms with Gasteiger partial charge in [-0.15, -0.1) is 0 Å². The van der Waals surface area contributed by atoms with Crippen LogP contribution in [0.2, 0.25) is 0 Å². The first-order valence-corrected chi connectivity index (χ1v) is 8.03. The van der Waals surface area contributed by atoms with Gasteiger partial charge in [-0.1, -0.05) is 39.5 Å². The zero-order valence-electron chi connectivity index (χ0n) is 14.1. The zero-order chi connectivity index (χ0) is 14.7. The van der Waals surface area contributed by atoms with Gasteiger partial charge >= 0.3 is 0 Å². The van der Waals surface area contributed by atoms with Crippen molar-refractivity contribution in [2.24, 2.45) is 0 Å². The largest absolute Gasteiger partial charge is 0.466 e. The van der Waals surface area contributed by atoms with Crippen molar-refractivity contribution in [2.75, 3.05) is 0 Å². The first kappa shape index (κ1) is 18.3. The number of unbranched alkanes of at least 4 members (excludes halogenated alkanes) is 4. The molecule has 0 aliphatic carbocycles. The molecular formula is C18H34O. The molecule has 0 aliphatic heterocycles. The van der Waals surface area contributed by atoms with Gasteiger partial charge in [0, 0.05) is 12.8 Å². The molecule has 0 aromatic heterocycles. The third kappa shape index (κ3) is 8.91. The lowest BCUT2D eigenvalue weighted by atomic mass is 10.1. The number of ether oxygens (including phenoxy) is 1. The molecule has 19 heavy (non-hydrogen) atoms. The molecule has 0 bridgehead atoms. The second kappa shape index (κ2) is 11.1. The fourth-order valence-electron chi connectivity index (χ4n) is 2.03. The fourth-order valence-corrected chi connectivity index (χ4v) is 2.03. The van der Waals surface area contributed by atoms with Crippen molar-refractivity contribution >= 4 is 0 Å². The van der Waals surface area contributed by atoms with E-state index in [1.807, 2.05) is 0 Å². The fraction of sp³-hybridized carbons (Fsp3) is 0.778. The van der Waals surface area contributed by atoms with E-state index in [-0.39, 0.29) is 0 Å². The molecule has 1 heteroatoms. The van der Waals surface area contributed by atoms with Crippen LogP contribution in [0.4, 0.5) is 0 Å². The van der Waals surface area contributed by atoms with E-state index in [1.165, 1.54) is 61.2 Å². The Morgan fingerprint density at radius 1 is 0.632 bits per heavy atom. The maximum absolute atomic E-state index is 6.23. The molecule has 0 heterocycles. The van der Waals surface area contributed by atoms with Crippen molar-refractivity contribution < 1.29 is 4.74 Å². The molecule has 0 aromatic rings. The summed E-state index contributed by atoms with van der Waals surface area (Å²) < 4.78 is 6.23. The van der Waals surface area contributed by atoms with E-state index in [0.717, 1.165) is 12.8 Å². The standard InChI is InChI=1S/C18H34O/c1-7-9-11-13-17(15(3)4)19-18(16(5)6)14-12-10-8-2/h7-14H2,1-6H3. The van der Waals surface area contributed by atoms with Gasteiger partial charge in [-0.25, -0.2) is 0 Å². The van der Waals surface area contributed by atoms with Crippen LogP contribution in [-0.4, -0.2) is 0 Å². The molecule has 0 rings (SSSR count). The van der Waals surface area contributed by atoms with Crippen LogP contribution in [0.15, 0.2) is 22.7 Å². The van der Waals surface area contributed by atoms with E-state index >= 15 is 0 Å². The van der Waals surface area contributed by atoms with Crippen molar-refractivity contribution in [3.63, 3.8) is 0 Å². The van der Waals surface area contributed by atoms with Crippen LogP contribution < -0.4 is 0 Å². The monoisotopic (exact) mass is 266 g/mol. The van der Waals surface area contributed by atoms with Crippen LogP contribution in [-0.2, 0) is 4.74 Å². The summed E-state index contributed by atoms with van der Waals surface area (Å²) in [5.74, 6) is 2.39. The summed E-state index contributed by atoms with van der Waals surface area (Å²) in [6.45, 7) is 13.1. The molecule has 0 saturated carbocycles. The minimum atomic E-state index is 1.08. The Labute approximate surface area is 121 Å². The predicted octanol–water partition coefficient (Wildman–Crippen LogP) is 6.75. The van der Waals surface area contributed by atoms with Crippen LogP contribution >= 0.6 is 0 Å². The number of allylic oxidation sites excluding steroid dienone is 4. The van der Waals surface area contributed by atoms with Gasteiger partial charge < -0.3 is 4.74 Å². The van der Waals surface area contributed by atoms with Gasteiger partial charge in [0.25, 0.3) is 0 Å².